The molecule has 2 saturated heterocycles. The van der Waals surface area contributed by atoms with Crippen LogP contribution in [0.2, 0.25) is 0 Å². The van der Waals surface area contributed by atoms with Crippen molar-refractivity contribution >= 4 is 35.6 Å². The van der Waals surface area contributed by atoms with E-state index in [0.29, 0.717) is 6.04 Å². The summed E-state index contributed by atoms with van der Waals surface area (Å²) in [6.07, 6.45) is 6.66. The van der Waals surface area contributed by atoms with Crippen LogP contribution >= 0.6 is 24.0 Å². The van der Waals surface area contributed by atoms with Crippen LogP contribution in [0.1, 0.15) is 37.5 Å². The van der Waals surface area contributed by atoms with Crippen LogP contribution in [-0.4, -0.2) is 63.8 Å². The maximum absolute atomic E-state index is 5.77. The van der Waals surface area contributed by atoms with Crippen LogP contribution in [0.5, 0.6) is 5.75 Å². The summed E-state index contributed by atoms with van der Waals surface area (Å²) in [5.74, 6) is 2.79. The summed E-state index contributed by atoms with van der Waals surface area (Å²) in [6.45, 7) is 4.94. The molecule has 4 rings (SSSR count). The number of methoxy groups -OCH3 is 1. The van der Waals surface area contributed by atoms with Crippen molar-refractivity contribution in [3.05, 3.63) is 48.4 Å². The van der Waals surface area contributed by atoms with E-state index in [0.717, 1.165) is 62.3 Å². The highest BCUT2D eigenvalue weighted by Gasteiger charge is 2.27. The number of ether oxygens (including phenoxy) is 1. The molecule has 7 nitrogen and oxygen atoms in total. The monoisotopic (exact) mass is 553 g/mol. The van der Waals surface area contributed by atoms with Gasteiger partial charge in [0.15, 0.2) is 5.96 Å². The maximum Gasteiger partial charge on any atom is 0.191 e. The first kappa shape index (κ1) is 24.7. The lowest BCUT2D eigenvalue weighted by atomic mass is 10.1. The molecule has 8 heteroatoms. The van der Waals surface area contributed by atoms with Gasteiger partial charge >= 0.3 is 0 Å². The van der Waals surface area contributed by atoms with Crippen molar-refractivity contribution in [2.24, 2.45) is 4.99 Å². The second kappa shape index (κ2) is 12.3. The van der Waals surface area contributed by atoms with Gasteiger partial charge < -0.3 is 24.7 Å². The molecule has 176 valence electrons. The van der Waals surface area contributed by atoms with E-state index in [4.69, 9.17) is 9.15 Å². The van der Waals surface area contributed by atoms with Crippen LogP contribution < -0.4 is 20.3 Å². The minimum Gasteiger partial charge on any atom is -0.495 e. The van der Waals surface area contributed by atoms with Gasteiger partial charge in [-0.25, -0.2) is 0 Å². The average Bonchev–Trinajstić information content (AvgIpc) is 3.52. The number of halogens is 1. The molecule has 2 aromatic rings. The lowest BCUT2D eigenvalue weighted by Gasteiger charge is -2.34. The Labute approximate surface area is 208 Å². The Balaban J connectivity index is 0.00000289. The van der Waals surface area contributed by atoms with Gasteiger partial charge in [-0.1, -0.05) is 18.6 Å². The number of piperidine rings is 1. The lowest BCUT2D eigenvalue weighted by molar-refractivity contribution is 0.146. The Hall–Kier alpha value is -1.94. The fourth-order valence-corrected chi connectivity index (χ4v) is 4.69. The SMILES string of the molecule is CN=C(NCC(c1ccco1)N1CCCCC1)NC1CCN(c2ccccc2OC)C1.I. The van der Waals surface area contributed by atoms with Crippen LogP contribution in [0, 0.1) is 0 Å². The smallest absolute Gasteiger partial charge is 0.191 e. The Bertz CT molecular complexity index is 839. The molecule has 0 amide bonds. The number of likely N-dealkylation sites (tertiary alicyclic amines) is 1. The van der Waals surface area contributed by atoms with Gasteiger partial charge in [-0.15, -0.1) is 24.0 Å². The van der Waals surface area contributed by atoms with E-state index in [2.05, 4.69) is 43.6 Å². The first-order chi connectivity index (χ1) is 15.3. The zero-order valence-corrected chi connectivity index (χ0v) is 21.5. The maximum atomic E-state index is 5.77. The molecule has 2 atom stereocenters. The van der Waals surface area contributed by atoms with Crippen molar-refractivity contribution in [3.63, 3.8) is 0 Å². The molecule has 0 aliphatic carbocycles. The second-order valence-electron chi connectivity index (χ2n) is 8.33. The first-order valence-electron chi connectivity index (χ1n) is 11.4. The highest BCUT2D eigenvalue weighted by molar-refractivity contribution is 14.0. The summed E-state index contributed by atoms with van der Waals surface area (Å²) in [7, 11) is 3.57. The van der Waals surface area contributed by atoms with E-state index >= 15 is 0 Å². The van der Waals surface area contributed by atoms with Crippen molar-refractivity contribution < 1.29 is 9.15 Å². The standard InChI is InChI=1S/C24H35N5O2.HI/c1-25-24(26-17-21(23-11-8-16-31-23)28-13-6-3-7-14-28)27-19-12-15-29(18-19)20-9-4-5-10-22(20)30-2;/h4-5,8-11,16,19,21H,3,6-7,12-15,17-18H2,1-2H3,(H2,25,26,27);1H. The van der Waals surface area contributed by atoms with E-state index in [9.17, 15) is 0 Å². The summed E-state index contributed by atoms with van der Waals surface area (Å²) < 4.78 is 11.3. The molecule has 2 N–H and O–H groups in total. The van der Waals surface area contributed by atoms with Crippen LogP contribution in [0.25, 0.3) is 0 Å². The molecule has 1 aromatic heterocycles. The normalized spacial score (nSPS) is 20.5. The molecule has 2 unspecified atom stereocenters. The topological polar surface area (TPSA) is 65.3 Å². The number of hydrogen-bond donors (Lipinski definition) is 2. The summed E-state index contributed by atoms with van der Waals surface area (Å²) in [4.78, 5) is 9.39. The molecular weight excluding hydrogens is 517 g/mol. The average molecular weight is 553 g/mol. The predicted molar refractivity (Wildman–Crippen MR) is 140 cm³/mol. The molecular formula is C24H36IN5O2. The molecule has 0 spiro atoms. The van der Waals surface area contributed by atoms with Gasteiger partial charge in [0.25, 0.3) is 0 Å². The zero-order chi connectivity index (χ0) is 21.5. The summed E-state index contributed by atoms with van der Waals surface area (Å²) in [6, 6.07) is 12.8. The molecule has 0 bridgehead atoms. The zero-order valence-electron chi connectivity index (χ0n) is 19.1. The number of aliphatic imine (C=N–C) groups is 1. The number of benzene rings is 1. The van der Waals surface area contributed by atoms with Gasteiger partial charge in [0.05, 0.1) is 25.1 Å². The lowest BCUT2D eigenvalue weighted by Crippen LogP contribution is -2.48. The van der Waals surface area contributed by atoms with Gasteiger partial charge in [0.1, 0.15) is 11.5 Å². The molecule has 32 heavy (non-hydrogen) atoms. The minimum absolute atomic E-state index is 0. The fraction of sp³-hybridized carbons (Fsp3) is 0.542. The molecule has 2 aliphatic rings. The van der Waals surface area contributed by atoms with Crippen LogP contribution in [0.3, 0.4) is 0 Å². The Morgan fingerprint density at radius 3 is 2.69 bits per heavy atom. The molecule has 0 radical (unpaired) electrons. The van der Waals surface area contributed by atoms with Crippen molar-refractivity contribution in [1.82, 2.24) is 15.5 Å². The second-order valence-corrected chi connectivity index (χ2v) is 8.33. The number of nitrogens with zero attached hydrogens (tertiary/aromatic N) is 3. The van der Waals surface area contributed by atoms with Gasteiger partial charge in [0.2, 0.25) is 0 Å². The first-order valence-corrected chi connectivity index (χ1v) is 11.4. The van der Waals surface area contributed by atoms with Gasteiger partial charge in [0, 0.05) is 32.7 Å². The van der Waals surface area contributed by atoms with Crippen molar-refractivity contribution in [2.45, 2.75) is 37.8 Å². The third-order valence-corrected chi connectivity index (χ3v) is 6.34. The van der Waals surface area contributed by atoms with Crippen molar-refractivity contribution in [3.8, 4) is 5.75 Å². The largest absolute Gasteiger partial charge is 0.495 e. The van der Waals surface area contributed by atoms with E-state index in [1.807, 2.05) is 25.2 Å². The van der Waals surface area contributed by atoms with Crippen LogP contribution in [0.15, 0.2) is 52.1 Å². The number of para-hydroxylation sites is 2. The van der Waals surface area contributed by atoms with Crippen molar-refractivity contribution in [2.75, 3.05) is 51.8 Å². The molecule has 1 aromatic carbocycles. The molecule has 3 heterocycles. The van der Waals surface area contributed by atoms with Crippen LogP contribution in [0.4, 0.5) is 5.69 Å². The highest BCUT2D eigenvalue weighted by atomic mass is 127. The number of hydrogen-bond acceptors (Lipinski definition) is 5. The summed E-state index contributed by atoms with van der Waals surface area (Å²) in [5, 5.41) is 7.17. The number of anilines is 1. The number of rotatable bonds is 7. The Kier molecular flexibility index (Phi) is 9.52. The van der Waals surface area contributed by atoms with E-state index in [1.54, 1.807) is 13.4 Å². The van der Waals surface area contributed by atoms with Crippen molar-refractivity contribution in [1.29, 1.82) is 0 Å². The third kappa shape index (κ3) is 6.10. The number of nitrogens with one attached hydrogen (secondary N) is 2. The summed E-state index contributed by atoms with van der Waals surface area (Å²) in [5.41, 5.74) is 1.15. The quantitative estimate of drug-likeness (QED) is 0.309. The summed E-state index contributed by atoms with van der Waals surface area (Å²) >= 11 is 0. The highest BCUT2D eigenvalue weighted by Crippen LogP contribution is 2.30. The van der Waals surface area contributed by atoms with E-state index in [-0.39, 0.29) is 30.0 Å². The minimum atomic E-state index is 0. The number of guanidine groups is 1. The molecule has 2 aliphatic heterocycles. The molecule has 2 fully saturated rings. The molecule has 0 saturated carbocycles. The number of furan rings is 1. The Morgan fingerprint density at radius 1 is 1.16 bits per heavy atom. The van der Waals surface area contributed by atoms with Gasteiger partial charge in [-0.05, 0) is 56.6 Å². The Morgan fingerprint density at radius 2 is 1.97 bits per heavy atom. The van der Waals surface area contributed by atoms with Gasteiger partial charge in [-0.2, -0.15) is 0 Å². The third-order valence-electron chi connectivity index (χ3n) is 6.34. The predicted octanol–water partition coefficient (Wildman–Crippen LogP) is 3.88. The van der Waals surface area contributed by atoms with E-state index in [1.165, 1.54) is 19.3 Å². The van der Waals surface area contributed by atoms with E-state index < -0.39 is 0 Å². The van der Waals surface area contributed by atoms with Crippen LogP contribution in [-0.2, 0) is 0 Å². The van der Waals surface area contributed by atoms with Gasteiger partial charge in [-0.3, -0.25) is 9.89 Å². The fourth-order valence-electron chi connectivity index (χ4n) is 4.69.